The Kier molecular flexibility index (Phi) is 5.97. The van der Waals surface area contributed by atoms with Gasteiger partial charge in [0.25, 0.3) is 6.43 Å². The second kappa shape index (κ2) is 9.08. The van der Waals surface area contributed by atoms with Crippen LogP contribution >= 0.6 is 0 Å². The van der Waals surface area contributed by atoms with E-state index in [1.165, 1.54) is 7.11 Å². The maximum absolute atomic E-state index is 12.6. The molecule has 2 atom stereocenters. The van der Waals surface area contributed by atoms with Crippen LogP contribution in [0.4, 0.5) is 8.78 Å². The lowest BCUT2D eigenvalue weighted by Crippen LogP contribution is -2.26. The van der Waals surface area contributed by atoms with Crippen molar-refractivity contribution in [2.75, 3.05) is 20.3 Å². The van der Waals surface area contributed by atoms with Crippen molar-refractivity contribution < 1.29 is 27.8 Å². The predicted molar refractivity (Wildman–Crippen MR) is 120 cm³/mol. The van der Waals surface area contributed by atoms with Gasteiger partial charge in [-0.05, 0) is 44.0 Å². The van der Waals surface area contributed by atoms with Gasteiger partial charge in [0, 0.05) is 30.5 Å². The molecule has 2 unspecified atom stereocenters. The van der Waals surface area contributed by atoms with E-state index in [1.807, 2.05) is 19.3 Å². The first kappa shape index (κ1) is 22.4. The fraction of sp³-hybridized carbons (Fsp3) is 0.458. The topological polar surface area (TPSA) is 87.5 Å². The zero-order valence-electron chi connectivity index (χ0n) is 19.0. The maximum atomic E-state index is 12.6. The summed E-state index contributed by atoms with van der Waals surface area (Å²) >= 11 is 0. The van der Waals surface area contributed by atoms with Gasteiger partial charge in [-0.2, -0.15) is 0 Å². The van der Waals surface area contributed by atoms with E-state index in [-0.39, 0.29) is 23.7 Å². The number of hydrogen-bond acceptors (Lipinski definition) is 6. The number of pyridine rings is 1. The first-order chi connectivity index (χ1) is 16.4. The largest absolute Gasteiger partial charge is 0.493 e. The Morgan fingerprint density at radius 2 is 2.06 bits per heavy atom. The molecule has 1 amide bonds. The predicted octanol–water partition coefficient (Wildman–Crippen LogP) is 3.99. The fourth-order valence-corrected chi connectivity index (χ4v) is 4.22. The fourth-order valence-electron chi connectivity index (χ4n) is 4.22. The van der Waals surface area contributed by atoms with Crippen molar-refractivity contribution in [1.29, 1.82) is 0 Å². The summed E-state index contributed by atoms with van der Waals surface area (Å²) in [5.41, 5.74) is 2.89. The number of halogens is 2. The molecule has 1 aromatic carbocycles. The summed E-state index contributed by atoms with van der Waals surface area (Å²) in [5.74, 6) is 1.10. The van der Waals surface area contributed by atoms with Crippen LogP contribution in [0.15, 0.2) is 30.6 Å². The number of ether oxygens (including phenoxy) is 3. The smallest absolute Gasteiger partial charge is 0.272 e. The van der Waals surface area contributed by atoms with E-state index in [2.05, 4.69) is 14.9 Å². The van der Waals surface area contributed by atoms with Gasteiger partial charge < -0.3 is 24.1 Å². The van der Waals surface area contributed by atoms with Gasteiger partial charge in [0.1, 0.15) is 18.2 Å². The monoisotopic (exact) mass is 472 g/mol. The Balaban J connectivity index is 1.51. The summed E-state index contributed by atoms with van der Waals surface area (Å²) in [6.45, 7) is 1.80. The summed E-state index contributed by atoms with van der Waals surface area (Å²) in [7, 11) is 1.45. The Morgan fingerprint density at radius 3 is 2.74 bits per heavy atom. The second-order valence-electron chi connectivity index (χ2n) is 8.72. The highest BCUT2D eigenvalue weighted by Gasteiger charge is 2.31. The minimum atomic E-state index is -2.58. The SMILES string of the molecule is COc1cc(-c2cc3ncn(C4CC4)c3c(OC(C)C3CNC(=O)C3)n2)ccc1OCC(F)F. The van der Waals surface area contributed by atoms with E-state index in [4.69, 9.17) is 19.2 Å². The van der Waals surface area contributed by atoms with Crippen LogP contribution in [-0.2, 0) is 4.79 Å². The van der Waals surface area contributed by atoms with Crippen molar-refractivity contribution in [2.45, 2.75) is 44.8 Å². The number of carbonyl (C=O) groups excluding carboxylic acids is 1. The molecule has 8 nitrogen and oxygen atoms in total. The quantitative estimate of drug-likeness (QED) is 0.507. The average molecular weight is 472 g/mol. The molecule has 1 saturated carbocycles. The molecular weight excluding hydrogens is 446 g/mol. The highest BCUT2D eigenvalue weighted by atomic mass is 19.3. The number of hydrogen-bond donors (Lipinski definition) is 1. The van der Waals surface area contributed by atoms with E-state index >= 15 is 0 Å². The van der Waals surface area contributed by atoms with Gasteiger partial charge in [0.2, 0.25) is 11.8 Å². The van der Waals surface area contributed by atoms with Gasteiger partial charge in [-0.25, -0.2) is 18.7 Å². The molecule has 2 fully saturated rings. The van der Waals surface area contributed by atoms with Crippen LogP contribution in [0.1, 0.15) is 32.2 Å². The molecule has 2 aliphatic rings. The summed E-state index contributed by atoms with van der Waals surface area (Å²) in [5, 5.41) is 2.85. The zero-order valence-corrected chi connectivity index (χ0v) is 19.0. The second-order valence-corrected chi connectivity index (χ2v) is 8.72. The van der Waals surface area contributed by atoms with Crippen molar-refractivity contribution in [1.82, 2.24) is 19.9 Å². The third-order valence-corrected chi connectivity index (χ3v) is 6.25. The van der Waals surface area contributed by atoms with Crippen LogP contribution in [0.2, 0.25) is 0 Å². The van der Waals surface area contributed by atoms with Gasteiger partial charge in [0.05, 0.1) is 24.6 Å². The van der Waals surface area contributed by atoms with Crippen LogP contribution in [-0.4, -0.2) is 53.2 Å². The lowest BCUT2D eigenvalue weighted by Gasteiger charge is -2.20. The number of imidazole rings is 1. The number of rotatable bonds is 9. The molecule has 1 aliphatic carbocycles. The molecule has 180 valence electrons. The molecule has 2 aromatic heterocycles. The normalized spacial score (nSPS) is 18.9. The van der Waals surface area contributed by atoms with E-state index in [0.717, 1.165) is 23.9 Å². The number of nitrogens with one attached hydrogen (secondary N) is 1. The molecule has 3 heterocycles. The molecular formula is C24H26F2N4O4. The minimum Gasteiger partial charge on any atom is -0.493 e. The summed E-state index contributed by atoms with van der Waals surface area (Å²) in [6.07, 6.45) is 1.59. The Labute approximate surface area is 195 Å². The number of benzene rings is 1. The third kappa shape index (κ3) is 4.49. The van der Waals surface area contributed by atoms with Crippen molar-refractivity contribution in [2.24, 2.45) is 5.92 Å². The molecule has 0 spiro atoms. The molecule has 3 aromatic rings. The lowest BCUT2D eigenvalue weighted by atomic mass is 10.0. The third-order valence-electron chi connectivity index (χ3n) is 6.25. The molecule has 34 heavy (non-hydrogen) atoms. The lowest BCUT2D eigenvalue weighted by molar-refractivity contribution is -0.119. The average Bonchev–Trinajstić information content (AvgIpc) is 3.42. The number of alkyl halides is 2. The highest BCUT2D eigenvalue weighted by Crippen LogP contribution is 2.41. The van der Waals surface area contributed by atoms with Gasteiger partial charge >= 0.3 is 0 Å². The molecule has 1 saturated heterocycles. The van der Waals surface area contributed by atoms with Crippen molar-refractivity contribution in [3.05, 3.63) is 30.6 Å². The Bertz CT molecular complexity index is 1210. The van der Waals surface area contributed by atoms with Crippen molar-refractivity contribution in [3.8, 4) is 28.6 Å². The zero-order chi connectivity index (χ0) is 23.8. The van der Waals surface area contributed by atoms with Gasteiger partial charge in [-0.15, -0.1) is 0 Å². The standard InChI is InChI=1S/C24H26F2N4O4/c1-13(15-8-22(31)27-10-15)34-24-23-18(28-12-30(23)16-4-5-16)9-17(29-24)14-3-6-19(20(7-14)32-2)33-11-21(25)26/h3,6-7,9,12-13,15-16,21H,4-5,8,10-11H2,1-2H3,(H,27,31). The van der Waals surface area contributed by atoms with E-state index in [0.29, 0.717) is 41.9 Å². The van der Waals surface area contributed by atoms with Gasteiger partial charge in [0.15, 0.2) is 11.5 Å². The molecule has 0 bridgehead atoms. The van der Waals surface area contributed by atoms with E-state index in [1.54, 1.807) is 18.2 Å². The highest BCUT2D eigenvalue weighted by molar-refractivity contribution is 5.85. The van der Waals surface area contributed by atoms with E-state index in [9.17, 15) is 13.6 Å². The van der Waals surface area contributed by atoms with Gasteiger partial charge in [-0.1, -0.05) is 0 Å². The molecule has 10 heteroatoms. The maximum Gasteiger partial charge on any atom is 0.272 e. The summed E-state index contributed by atoms with van der Waals surface area (Å²) in [6, 6.07) is 7.28. The number of carbonyl (C=O) groups is 1. The number of methoxy groups -OCH3 is 1. The van der Waals surface area contributed by atoms with Crippen LogP contribution in [0, 0.1) is 5.92 Å². The van der Waals surface area contributed by atoms with Crippen molar-refractivity contribution in [3.63, 3.8) is 0 Å². The Hall–Kier alpha value is -3.43. The number of fused-ring (bicyclic) bond motifs is 1. The van der Waals surface area contributed by atoms with E-state index < -0.39 is 13.0 Å². The summed E-state index contributed by atoms with van der Waals surface area (Å²) < 4.78 is 44.1. The van der Waals surface area contributed by atoms with Crippen LogP contribution in [0.25, 0.3) is 22.3 Å². The first-order valence-corrected chi connectivity index (χ1v) is 11.3. The minimum absolute atomic E-state index is 0.0246. The van der Waals surface area contributed by atoms with Crippen LogP contribution in [0.5, 0.6) is 17.4 Å². The summed E-state index contributed by atoms with van der Waals surface area (Å²) in [4.78, 5) is 21.1. The van der Waals surface area contributed by atoms with Crippen LogP contribution < -0.4 is 19.5 Å². The van der Waals surface area contributed by atoms with Gasteiger partial charge in [-0.3, -0.25) is 4.79 Å². The molecule has 0 radical (unpaired) electrons. The first-order valence-electron chi connectivity index (χ1n) is 11.3. The Morgan fingerprint density at radius 1 is 1.24 bits per heavy atom. The number of amides is 1. The molecule has 5 rings (SSSR count). The number of nitrogens with zero attached hydrogens (tertiary/aromatic N) is 3. The molecule has 1 aliphatic heterocycles. The molecule has 1 N–H and O–H groups in total. The van der Waals surface area contributed by atoms with Crippen LogP contribution in [0.3, 0.4) is 0 Å². The van der Waals surface area contributed by atoms with Crippen molar-refractivity contribution >= 4 is 16.9 Å². The number of aromatic nitrogens is 3.